The Morgan fingerprint density at radius 3 is 2.73 bits per heavy atom. The average Bonchev–Trinajstić information content (AvgIpc) is 2.68. The number of benzene rings is 1. The normalized spacial score (nSPS) is 20.1. The Kier molecular flexibility index (Phi) is 3.57. The molecule has 0 aromatic heterocycles. The minimum absolute atomic E-state index is 0.158. The molecule has 0 amide bonds. The molecule has 0 aliphatic heterocycles. The van der Waals surface area contributed by atoms with Gasteiger partial charge in [0.25, 0.3) is 0 Å². The maximum atomic E-state index is 2.39. The zero-order valence-electron chi connectivity index (χ0n) is 9.32. The summed E-state index contributed by atoms with van der Waals surface area (Å²) in [7, 11) is -0.158. The molecule has 1 aromatic carbocycles. The molecule has 0 fully saturated rings. The van der Waals surface area contributed by atoms with Crippen LogP contribution in [0.2, 0.25) is 5.54 Å². The smallest absolute Gasteiger partial charge is 0.0667 e. The molecule has 1 heteroatoms. The molecule has 1 aliphatic rings. The Hall–Kier alpha value is -1.08. The van der Waals surface area contributed by atoms with E-state index in [4.69, 9.17) is 0 Å². The summed E-state index contributed by atoms with van der Waals surface area (Å²) in [5, 5.41) is 1.58. The molecule has 0 bridgehead atoms. The van der Waals surface area contributed by atoms with Gasteiger partial charge in [-0.05, 0) is 12.0 Å². The van der Waals surface area contributed by atoms with Crippen molar-refractivity contribution < 1.29 is 0 Å². The van der Waals surface area contributed by atoms with Gasteiger partial charge in [0, 0.05) is 0 Å². The molecule has 0 radical (unpaired) electrons. The number of allylic oxidation sites excluding steroid dienone is 4. The summed E-state index contributed by atoms with van der Waals surface area (Å²) in [5.74, 6) is 0. The van der Waals surface area contributed by atoms with Gasteiger partial charge in [0.15, 0.2) is 0 Å². The van der Waals surface area contributed by atoms with Crippen molar-refractivity contribution in [3.8, 4) is 0 Å². The molecular weight excluding hydrogens is 196 g/mol. The summed E-state index contributed by atoms with van der Waals surface area (Å²) >= 11 is 0. The zero-order chi connectivity index (χ0) is 10.5. The van der Waals surface area contributed by atoms with Gasteiger partial charge in [-0.3, -0.25) is 0 Å². The van der Waals surface area contributed by atoms with Gasteiger partial charge in [0.1, 0.15) is 0 Å². The summed E-state index contributed by atoms with van der Waals surface area (Å²) in [6, 6.07) is 11.0. The van der Waals surface area contributed by atoms with Crippen LogP contribution >= 0.6 is 0 Å². The van der Waals surface area contributed by atoms with Crippen molar-refractivity contribution in [3.05, 3.63) is 54.1 Å². The van der Waals surface area contributed by atoms with Gasteiger partial charge in [-0.2, -0.15) is 0 Å². The van der Waals surface area contributed by atoms with E-state index < -0.39 is 0 Å². The van der Waals surface area contributed by atoms with E-state index in [1.54, 1.807) is 10.8 Å². The van der Waals surface area contributed by atoms with Crippen molar-refractivity contribution >= 4 is 14.7 Å². The third kappa shape index (κ3) is 2.69. The van der Waals surface area contributed by atoms with Gasteiger partial charge in [0.05, 0.1) is 9.52 Å². The lowest BCUT2D eigenvalue weighted by atomic mass is 10.1. The summed E-state index contributed by atoms with van der Waals surface area (Å²) in [6.45, 7) is 2.26. The predicted molar refractivity (Wildman–Crippen MR) is 70.5 cm³/mol. The van der Waals surface area contributed by atoms with Crippen LogP contribution in [0.3, 0.4) is 0 Å². The van der Waals surface area contributed by atoms with Crippen LogP contribution in [-0.4, -0.2) is 9.52 Å². The van der Waals surface area contributed by atoms with Gasteiger partial charge in [-0.15, -0.1) is 0 Å². The molecular formula is C14H18Si. The Balaban J connectivity index is 2.01. The summed E-state index contributed by atoms with van der Waals surface area (Å²) in [4.78, 5) is 0. The minimum Gasteiger partial charge on any atom is -0.0803 e. The highest BCUT2D eigenvalue weighted by Gasteiger charge is 2.14. The second kappa shape index (κ2) is 5.13. The van der Waals surface area contributed by atoms with E-state index in [1.807, 2.05) is 0 Å². The van der Waals surface area contributed by atoms with Crippen LogP contribution in [0.25, 0.3) is 0 Å². The van der Waals surface area contributed by atoms with Crippen LogP contribution in [0.15, 0.2) is 54.1 Å². The second-order valence-electron chi connectivity index (χ2n) is 4.17. The van der Waals surface area contributed by atoms with E-state index >= 15 is 0 Å². The van der Waals surface area contributed by atoms with E-state index in [0.29, 0.717) is 0 Å². The van der Waals surface area contributed by atoms with Gasteiger partial charge >= 0.3 is 0 Å². The van der Waals surface area contributed by atoms with Crippen molar-refractivity contribution in [3.63, 3.8) is 0 Å². The zero-order valence-corrected chi connectivity index (χ0v) is 10.7. The van der Waals surface area contributed by atoms with E-state index in [2.05, 4.69) is 55.5 Å². The van der Waals surface area contributed by atoms with Crippen LogP contribution < -0.4 is 5.19 Å². The molecule has 15 heavy (non-hydrogen) atoms. The first-order valence-corrected chi connectivity index (χ1v) is 7.33. The summed E-state index contributed by atoms with van der Waals surface area (Å²) < 4.78 is 0. The predicted octanol–water partition coefficient (Wildman–Crippen LogP) is 2.57. The molecule has 0 heterocycles. The SMILES string of the molecule is CCCC1=CC=CC1[SiH2]c1ccccc1. The first-order valence-electron chi connectivity index (χ1n) is 5.81. The molecule has 1 unspecified atom stereocenters. The molecule has 1 aliphatic carbocycles. The monoisotopic (exact) mass is 214 g/mol. The van der Waals surface area contributed by atoms with Gasteiger partial charge in [-0.25, -0.2) is 0 Å². The van der Waals surface area contributed by atoms with Crippen molar-refractivity contribution in [1.29, 1.82) is 0 Å². The molecule has 78 valence electrons. The molecule has 0 nitrogen and oxygen atoms in total. The fraction of sp³-hybridized carbons (Fsp3) is 0.286. The first-order chi connectivity index (χ1) is 7.40. The van der Waals surface area contributed by atoms with Crippen molar-refractivity contribution in [1.82, 2.24) is 0 Å². The van der Waals surface area contributed by atoms with Gasteiger partial charge in [0.2, 0.25) is 0 Å². The van der Waals surface area contributed by atoms with Gasteiger partial charge < -0.3 is 0 Å². The first kappa shape index (κ1) is 10.4. The van der Waals surface area contributed by atoms with E-state index in [-0.39, 0.29) is 9.52 Å². The largest absolute Gasteiger partial charge is 0.0803 e. The fourth-order valence-electron chi connectivity index (χ4n) is 2.19. The van der Waals surface area contributed by atoms with Crippen LogP contribution in [-0.2, 0) is 0 Å². The Morgan fingerprint density at radius 2 is 2.00 bits per heavy atom. The summed E-state index contributed by atoms with van der Waals surface area (Å²) in [5.41, 5.74) is 2.44. The maximum absolute atomic E-state index is 2.39. The third-order valence-electron chi connectivity index (χ3n) is 2.97. The highest BCUT2D eigenvalue weighted by Crippen LogP contribution is 2.27. The summed E-state index contributed by atoms with van der Waals surface area (Å²) in [6.07, 6.45) is 9.50. The van der Waals surface area contributed by atoms with Gasteiger partial charge in [-0.1, -0.05) is 72.7 Å². The standard InChI is InChI=1S/C14H18Si/c1-2-7-12-8-6-11-14(12)15-13-9-4-3-5-10-13/h3-6,8-11,14H,2,7,15H2,1H3. The molecule has 0 spiro atoms. The number of hydrogen-bond donors (Lipinski definition) is 0. The van der Waals surface area contributed by atoms with E-state index in [1.165, 1.54) is 12.8 Å². The Bertz CT molecular complexity index is 362. The lowest BCUT2D eigenvalue weighted by Crippen LogP contribution is -2.18. The Morgan fingerprint density at radius 1 is 1.20 bits per heavy atom. The highest BCUT2D eigenvalue weighted by molar-refractivity contribution is 6.56. The molecule has 0 saturated carbocycles. The molecule has 2 rings (SSSR count). The van der Waals surface area contributed by atoms with E-state index in [0.717, 1.165) is 5.54 Å². The quantitative estimate of drug-likeness (QED) is 0.676. The maximum Gasteiger partial charge on any atom is 0.0667 e. The molecule has 1 atom stereocenters. The number of hydrogen-bond acceptors (Lipinski definition) is 0. The van der Waals surface area contributed by atoms with Crippen molar-refractivity contribution in [2.45, 2.75) is 25.3 Å². The van der Waals surface area contributed by atoms with E-state index in [9.17, 15) is 0 Å². The molecule has 0 saturated heterocycles. The van der Waals surface area contributed by atoms with Crippen molar-refractivity contribution in [2.24, 2.45) is 0 Å². The topological polar surface area (TPSA) is 0 Å². The number of rotatable bonds is 4. The lowest BCUT2D eigenvalue weighted by molar-refractivity contribution is 0.884. The fourth-order valence-corrected chi connectivity index (χ4v) is 4.13. The molecule has 1 aromatic rings. The Labute approximate surface area is 94.5 Å². The lowest BCUT2D eigenvalue weighted by Gasteiger charge is -2.12. The van der Waals surface area contributed by atoms with Crippen LogP contribution in [0.4, 0.5) is 0 Å². The third-order valence-corrected chi connectivity index (χ3v) is 5.15. The molecule has 0 N–H and O–H groups in total. The average molecular weight is 214 g/mol. The highest BCUT2D eigenvalue weighted by atomic mass is 28.2. The second-order valence-corrected chi connectivity index (χ2v) is 6.28. The van der Waals surface area contributed by atoms with Crippen LogP contribution in [0.5, 0.6) is 0 Å². The van der Waals surface area contributed by atoms with Crippen molar-refractivity contribution in [2.75, 3.05) is 0 Å². The minimum atomic E-state index is -0.158. The van der Waals surface area contributed by atoms with Crippen LogP contribution in [0.1, 0.15) is 19.8 Å². The van der Waals surface area contributed by atoms with Crippen LogP contribution in [0, 0.1) is 0 Å².